The van der Waals surface area contributed by atoms with Gasteiger partial charge in [-0.1, -0.05) is 60.1 Å². The monoisotopic (exact) mass is 486 g/mol. The van der Waals surface area contributed by atoms with E-state index in [0.29, 0.717) is 11.6 Å². The minimum absolute atomic E-state index is 0.0379. The standard InChI is InChI=1S/C29H31ClN4O/c30-24-13-14-27-26(21-24)29(23-9-3-1-4-10-23)31-22-28(35)34(27)16-8-7-15-32-17-19-33(20-18-32)25-11-5-2-6-12-25/h1-6,9-14,21H,7-8,15-20,22H2. The summed E-state index contributed by atoms with van der Waals surface area (Å²) in [5.74, 6) is 0.0379. The predicted molar refractivity (Wildman–Crippen MR) is 145 cm³/mol. The van der Waals surface area contributed by atoms with Crippen molar-refractivity contribution in [2.75, 3.05) is 55.6 Å². The van der Waals surface area contributed by atoms with E-state index >= 15 is 0 Å². The average Bonchev–Trinajstić information content (AvgIpc) is 3.04. The van der Waals surface area contributed by atoms with Crippen molar-refractivity contribution < 1.29 is 4.79 Å². The van der Waals surface area contributed by atoms with Gasteiger partial charge in [-0.2, -0.15) is 0 Å². The summed E-state index contributed by atoms with van der Waals surface area (Å²) in [5.41, 5.74) is 4.96. The fourth-order valence-corrected chi connectivity index (χ4v) is 5.12. The van der Waals surface area contributed by atoms with Crippen molar-refractivity contribution in [1.29, 1.82) is 0 Å². The Labute approximate surface area is 212 Å². The molecule has 0 aliphatic carbocycles. The lowest BCUT2D eigenvalue weighted by molar-refractivity contribution is -0.117. The lowest BCUT2D eigenvalue weighted by Crippen LogP contribution is -2.46. The maximum absolute atomic E-state index is 13.1. The van der Waals surface area contributed by atoms with Crippen LogP contribution in [-0.2, 0) is 4.79 Å². The van der Waals surface area contributed by atoms with E-state index in [4.69, 9.17) is 16.6 Å². The van der Waals surface area contributed by atoms with Crippen LogP contribution >= 0.6 is 11.6 Å². The number of amides is 1. The molecule has 2 aliphatic heterocycles. The molecule has 0 unspecified atom stereocenters. The number of aliphatic imine (C=N–C) groups is 1. The fourth-order valence-electron chi connectivity index (χ4n) is 4.95. The van der Waals surface area contributed by atoms with Crippen molar-refractivity contribution in [1.82, 2.24) is 4.90 Å². The highest BCUT2D eigenvalue weighted by Gasteiger charge is 2.25. The molecule has 6 heteroatoms. The number of hydrogen-bond donors (Lipinski definition) is 0. The van der Waals surface area contributed by atoms with Crippen molar-refractivity contribution in [3.63, 3.8) is 0 Å². The molecule has 1 fully saturated rings. The minimum atomic E-state index is 0.0379. The number of rotatable bonds is 7. The highest BCUT2D eigenvalue weighted by molar-refractivity contribution is 6.32. The summed E-state index contributed by atoms with van der Waals surface area (Å²) in [5, 5.41) is 0.649. The number of halogens is 1. The van der Waals surface area contributed by atoms with Crippen LogP contribution in [0.4, 0.5) is 11.4 Å². The first-order chi connectivity index (χ1) is 17.2. The first-order valence-corrected chi connectivity index (χ1v) is 12.8. The van der Waals surface area contributed by atoms with Gasteiger partial charge in [0.1, 0.15) is 6.54 Å². The van der Waals surface area contributed by atoms with Gasteiger partial charge in [0.05, 0.1) is 11.4 Å². The number of anilines is 2. The normalized spacial score (nSPS) is 16.6. The van der Waals surface area contributed by atoms with Crippen molar-refractivity contribution in [2.45, 2.75) is 12.8 Å². The molecule has 35 heavy (non-hydrogen) atoms. The summed E-state index contributed by atoms with van der Waals surface area (Å²) >= 11 is 6.36. The van der Waals surface area contributed by atoms with Crippen LogP contribution in [-0.4, -0.2) is 62.3 Å². The Hall–Kier alpha value is -3.15. The number of carbonyl (C=O) groups is 1. The second-order valence-corrected chi connectivity index (χ2v) is 9.55. The number of benzene rings is 3. The van der Waals surface area contributed by atoms with Gasteiger partial charge in [0, 0.05) is 54.6 Å². The van der Waals surface area contributed by atoms with Crippen LogP contribution in [0.1, 0.15) is 24.0 Å². The van der Waals surface area contributed by atoms with E-state index in [-0.39, 0.29) is 12.5 Å². The zero-order valence-corrected chi connectivity index (χ0v) is 20.7. The first kappa shape index (κ1) is 23.6. The topological polar surface area (TPSA) is 39.2 Å². The zero-order chi connectivity index (χ0) is 24.0. The average molecular weight is 487 g/mol. The molecular formula is C29H31ClN4O. The molecular weight excluding hydrogens is 456 g/mol. The van der Waals surface area contributed by atoms with Gasteiger partial charge in [0.25, 0.3) is 0 Å². The van der Waals surface area contributed by atoms with Crippen LogP contribution in [0.2, 0.25) is 5.02 Å². The SMILES string of the molecule is O=C1CN=C(c2ccccc2)c2cc(Cl)ccc2N1CCCCN1CCN(c2ccccc2)CC1. The van der Waals surface area contributed by atoms with Crippen molar-refractivity contribution >= 4 is 34.6 Å². The Balaban J connectivity index is 1.19. The molecule has 1 saturated heterocycles. The maximum atomic E-state index is 13.1. The summed E-state index contributed by atoms with van der Waals surface area (Å²) in [6.45, 7) is 6.17. The van der Waals surface area contributed by atoms with Crippen molar-refractivity contribution in [2.24, 2.45) is 4.99 Å². The largest absolute Gasteiger partial charge is 0.369 e. The van der Waals surface area contributed by atoms with Gasteiger partial charge in [-0.3, -0.25) is 14.7 Å². The molecule has 0 spiro atoms. The molecule has 5 rings (SSSR count). The van der Waals surface area contributed by atoms with Gasteiger partial charge in [0.2, 0.25) is 5.91 Å². The summed E-state index contributed by atoms with van der Waals surface area (Å²) in [6.07, 6.45) is 2.01. The predicted octanol–water partition coefficient (Wildman–Crippen LogP) is 5.13. The number of carbonyl (C=O) groups excluding carboxylic acids is 1. The van der Waals surface area contributed by atoms with E-state index in [0.717, 1.165) is 68.1 Å². The van der Waals surface area contributed by atoms with E-state index in [1.165, 1.54) is 5.69 Å². The number of nitrogens with zero attached hydrogens (tertiary/aromatic N) is 4. The van der Waals surface area contributed by atoms with Crippen LogP contribution in [0.5, 0.6) is 0 Å². The number of hydrogen-bond acceptors (Lipinski definition) is 4. The van der Waals surface area contributed by atoms with Crippen LogP contribution in [0.3, 0.4) is 0 Å². The zero-order valence-electron chi connectivity index (χ0n) is 19.9. The Morgan fingerprint density at radius 1 is 0.800 bits per heavy atom. The molecule has 1 amide bonds. The molecule has 0 bridgehead atoms. The van der Waals surface area contributed by atoms with E-state index < -0.39 is 0 Å². The van der Waals surface area contributed by atoms with Crippen LogP contribution in [0.25, 0.3) is 0 Å². The lowest BCUT2D eigenvalue weighted by Gasteiger charge is -2.36. The van der Waals surface area contributed by atoms with Gasteiger partial charge < -0.3 is 9.80 Å². The highest BCUT2D eigenvalue weighted by atomic mass is 35.5. The van der Waals surface area contributed by atoms with Crippen LogP contribution < -0.4 is 9.80 Å². The van der Waals surface area contributed by atoms with E-state index in [2.05, 4.69) is 40.1 Å². The molecule has 0 aromatic heterocycles. The second kappa shape index (κ2) is 11.1. The lowest BCUT2D eigenvalue weighted by atomic mass is 10.00. The number of para-hydroxylation sites is 1. The molecule has 3 aromatic carbocycles. The number of benzodiazepines with no additional fused rings is 1. The first-order valence-electron chi connectivity index (χ1n) is 12.4. The van der Waals surface area contributed by atoms with E-state index in [1.54, 1.807) is 0 Å². The number of unbranched alkanes of at least 4 members (excludes halogenated alkanes) is 1. The quantitative estimate of drug-likeness (QED) is 0.435. The summed E-state index contributed by atoms with van der Waals surface area (Å²) in [6, 6.07) is 26.4. The molecule has 2 aliphatic rings. The van der Waals surface area contributed by atoms with Gasteiger partial charge in [0.15, 0.2) is 0 Å². The minimum Gasteiger partial charge on any atom is -0.369 e. The number of piperazine rings is 1. The Kier molecular flexibility index (Phi) is 7.45. The molecule has 0 N–H and O–H groups in total. The van der Waals surface area contributed by atoms with Gasteiger partial charge in [-0.05, 0) is 49.7 Å². The third-order valence-electron chi connectivity index (χ3n) is 6.82. The summed E-state index contributed by atoms with van der Waals surface area (Å²) in [7, 11) is 0. The van der Waals surface area contributed by atoms with Gasteiger partial charge in [-0.15, -0.1) is 0 Å². The van der Waals surface area contributed by atoms with Crippen LogP contribution in [0, 0.1) is 0 Å². The van der Waals surface area contributed by atoms with Gasteiger partial charge in [-0.25, -0.2) is 0 Å². The summed E-state index contributed by atoms with van der Waals surface area (Å²) in [4.78, 5) is 24.7. The molecule has 0 saturated carbocycles. The number of fused-ring (bicyclic) bond motifs is 1. The fraction of sp³-hybridized carbons (Fsp3) is 0.310. The molecule has 3 aromatic rings. The second-order valence-electron chi connectivity index (χ2n) is 9.11. The third kappa shape index (κ3) is 5.58. The highest BCUT2D eigenvalue weighted by Crippen LogP contribution is 2.30. The Morgan fingerprint density at radius 3 is 2.23 bits per heavy atom. The Bertz CT molecular complexity index is 1170. The summed E-state index contributed by atoms with van der Waals surface area (Å²) < 4.78 is 0. The van der Waals surface area contributed by atoms with Crippen LogP contribution in [0.15, 0.2) is 83.9 Å². The van der Waals surface area contributed by atoms with Crippen molar-refractivity contribution in [3.8, 4) is 0 Å². The molecule has 2 heterocycles. The van der Waals surface area contributed by atoms with Crippen molar-refractivity contribution in [3.05, 3.63) is 95.0 Å². The van der Waals surface area contributed by atoms with Gasteiger partial charge >= 0.3 is 0 Å². The Morgan fingerprint density at radius 2 is 1.49 bits per heavy atom. The maximum Gasteiger partial charge on any atom is 0.248 e. The smallest absolute Gasteiger partial charge is 0.248 e. The third-order valence-corrected chi connectivity index (χ3v) is 7.06. The molecule has 0 radical (unpaired) electrons. The molecule has 180 valence electrons. The molecule has 5 nitrogen and oxygen atoms in total. The van der Waals surface area contributed by atoms with E-state index in [1.807, 2.05) is 53.4 Å². The molecule has 0 atom stereocenters. The van der Waals surface area contributed by atoms with E-state index in [9.17, 15) is 4.79 Å².